The van der Waals surface area contributed by atoms with Crippen molar-refractivity contribution in [2.75, 3.05) is 13.7 Å². The normalized spacial score (nSPS) is 9.22. The van der Waals surface area contributed by atoms with Gasteiger partial charge in [0.15, 0.2) is 5.75 Å². The van der Waals surface area contributed by atoms with Crippen LogP contribution in [0.3, 0.4) is 0 Å². The maximum Gasteiger partial charge on any atom is 0.343 e. The fraction of sp³-hybridized carbons (Fsp3) is 0.462. The molecule has 1 aromatic rings. The molecule has 18 heavy (non-hydrogen) atoms. The van der Waals surface area contributed by atoms with Gasteiger partial charge in [-0.25, -0.2) is 4.79 Å². The number of hydrogen-bond acceptors (Lipinski definition) is 3. The zero-order chi connectivity index (χ0) is 14.1. The van der Waals surface area contributed by atoms with Crippen molar-refractivity contribution < 1.29 is 14.3 Å². The van der Waals surface area contributed by atoms with Crippen LogP contribution in [0.15, 0.2) is 12.1 Å². The number of carbonyl (C=O) groups excluding carboxylic acids is 1. The molecule has 0 spiro atoms. The standard InChI is InChI=1S/C11H12Cl2O3.C2H6/c1-3-6-16-11(14)9-7(12)4-5-8(13)10(9)15-2;1-2/h4-5H,3,6H2,1-2H3;1-2H3. The Bertz CT molecular complexity index is 392. The minimum atomic E-state index is -0.522. The quantitative estimate of drug-likeness (QED) is 0.761. The number of benzene rings is 1. The molecule has 0 saturated heterocycles. The summed E-state index contributed by atoms with van der Waals surface area (Å²) >= 11 is 11.8. The van der Waals surface area contributed by atoms with Gasteiger partial charge in [-0.3, -0.25) is 0 Å². The molecule has 102 valence electrons. The monoisotopic (exact) mass is 292 g/mol. The molecule has 0 unspecified atom stereocenters. The van der Waals surface area contributed by atoms with Crippen molar-refractivity contribution in [2.45, 2.75) is 27.2 Å². The van der Waals surface area contributed by atoms with E-state index in [1.54, 1.807) is 6.07 Å². The molecule has 0 bridgehead atoms. The Balaban J connectivity index is 0.00000137. The van der Waals surface area contributed by atoms with Crippen molar-refractivity contribution in [3.05, 3.63) is 27.7 Å². The molecular formula is C13H18Cl2O3. The minimum Gasteiger partial charge on any atom is -0.494 e. The van der Waals surface area contributed by atoms with Crippen molar-refractivity contribution in [1.29, 1.82) is 0 Å². The highest BCUT2D eigenvalue weighted by Gasteiger charge is 2.20. The van der Waals surface area contributed by atoms with Crippen LogP contribution in [0.2, 0.25) is 10.0 Å². The van der Waals surface area contributed by atoms with Gasteiger partial charge < -0.3 is 9.47 Å². The SMILES string of the molecule is CC.CCCOC(=O)c1c(Cl)ccc(Cl)c1OC. The summed E-state index contributed by atoms with van der Waals surface area (Å²) in [6.45, 7) is 6.24. The van der Waals surface area contributed by atoms with Crippen molar-refractivity contribution >= 4 is 29.2 Å². The third kappa shape index (κ3) is 4.39. The largest absolute Gasteiger partial charge is 0.494 e. The Kier molecular flexibility index (Phi) is 8.59. The van der Waals surface area contributed by atoms with E-state index in [2.05, 4.69) is 0 Å². The van der Waals surface area contributed by atoms with E-state index in [0.29, 0.717) is 11.6 Å². The molecule has 0 atom stereocenters. The van der Waals surface area contributed by atoms with Crippen LogP contribution in [0.5, 0.6) is 5.75 Å². The molecule has 0 aliphatic rings. The molecule has 5 heteroatoms. The summed E-state index contributed by atoms with van der Waals surface area (Å²) in [7, 11) is 1.42. The molecule has 0 aliphatic heterocycles. The first kappa shape index (κ1) is 17.1. The van der Waals surface area contributed by atoms with Crippen LogP contribution in [-0.2, 0) is 4.74 Å². The summed E-state index contributed by atoms with van der Waals surface area (Å²) in [5.41, 5.74) is 0.171. The summed E-state index contributed by atoms with van der Waals surface area (Å²) in [5, 5.41) is 0.595. The average molecular weight is 293 g/mol. The number of halogens is 2. The summed E-state index contributed by atoms with van der Waals surface area (Å²) < 4.78 is 10.0. The summed E-state index contributed by atoms with van der Waals surface area (Å²) in [5.74, 6) is -0.276. The van der Waals surface area contributed by atoms with Crippen molar-refractivity contribution in [1.82, 2.24) is 0 Å². The van der Waals surface area contributed by atoms with Crippen LogP contribution < -0.4 is 4.74 Å². The highest BCUT2D eigenvalue weighted by molar-refractivity contribution is 6.37. The lowest BCUT2D eigenvalue weighted by Gasteiger charge is -2.11. The van der Waals surface area contributed by atoms with Gasteiger partial charge in [-0.2, -0.15) is 0 Å². The van der Waals surface area contributed by atoms with Crippen molar-refractivity contribution in [2.24, 2.45) is 0 Å². The molecule has 1 aromatic carbocycles. The second-order valence-electron chi connectivity index (χ2n) is 3.07. The van der Waals surface area contributed by atoms with Crippen LogP contribution in [0.4, 0.5) is 0 Å². The Morgan fingerprint density at radius 2 is 1.78 bits per heavy atom. The predicted molar refractivity (Wildman–Crippen MR) is 74.9 cm³/mol. The molecule has 0 aromatic heterocycles. The van der Waals surface area contributed by atoms with Gasteiger partial charge >= 0.3 is 5.97 Å². The van der Waals surface area contributed by atoms with Crippen LogP contribution in [0, 0.1) is 0 Å². The molecule has 0 N–H and O–H groups in total. The van der Waals surface area contributed by atoms with E-state index in [4.69, 9.17) is 32.7 Å². The van der Waals surface area contributed by atoms with Gasteiger partial charge in [0, 0.05) is 0 Å². The fourth-order valence-electron chi connectivity index (χ4n) is 1.19. The molecule has 1 rings (SSSR count). The number of esters is 1. The van der Waals surface area contributed by atoms with Gasteiger partial charge in [0.05, 0.1) is 23.8 Å². The predicted octanol–water partition coefficient (Wildman–Crippen LogP) is 4.60. The maximum absolute atomic E-state index is 11.7. The fourth-order valence-corrected chi connectivity index (χ4v) is 1.65. The average Bonchev–Trinajstić information content (AvgIpc) is 2.40. The van der Waals surface area contributed by atoms with E-state index < -0.39 is 5.97 Å². The molecule has 3 nitrogen and oxygen atoms in total. The van der Waals surface area contributed by atoms with Crippen molar-refractivity contribution in [3.63, 3.8) is 0 Å². The first-order valence-corrected chi connectivity index (χ1v) is 6.56. The molecular weight excluding hydrogens is 275 g/mol. The van der Waals surface area contributed by atoms with Gasteiger partial charge in [-0.1, -0.05) is 44.0 Å². The first-order valence-electron chi connectivity index (χ1n) is 5.81. The molecule has 0 radical (unpaired) electrons. The lowest BCUT2D eigenvalue weighted by molar-refractivity contribution is 0.0501. The summed E-state index contributed by atoms with van der Waals surface area (Å²) in [6.07, 6.45) is 0.742. The van der Waals surface area contributed by atoms with Crippen LogP contribution in [0.1, 0.15) is 37.6 Å². The number of carbonyl (C=O) groups is 1. The zero-order valence-corrected chi connectivity index (χ0v) is 12.6. The Labute approximate surface area is 118 Å². The van der Waals surface area contributed by atoms with E-state index in [0.717, 1.165) is 6.42 Å². The lowest BCUT2D eigenvalue weighted by Crippen LogP contribution is -2.08. The molecule has 0 fully saturated rings. The number of rotatable bonds is 4. The number of ether oxygens (including phenoxy) is 2. The Morgan fingerprint density at radius 1 is 1.22 bits per heavy atom. The van der Waals surface area contributed by atoms with Crippen LogP contribution in [-0.4, -0.2) is 19.7 Å². The van der Waals surface area contributed by atoms with E-state index in [1.807, 2.05) is 20.8 Å². The maximum atomic E-state index is 11.7. The second-order valence-corrected chi connectivity index (χ2v) is 3.89. The van der Waals surface area contributed by atoms with Crippen LogP contribution >= 0.6 is 23.2 Å². The van der Waals surface area contributed by atoms with Gasteiger partial charge in [-0.15, -0.1) is 0 Å². The Morgan fingerprint density at radius 3 is 2.28 bits per heavy atom. The van der Waals surface area contributed by atoms with Crippen molar-refractivity contribution in [3.8, 4) is 5.75 Å². The van der Waals surface area contributed by atoms with Crippen LogP contribution in [0.25, 0.3) is 0 Å². The third-order valence-electron chi connectivity index (χ3n) is 1.90. The molecule has 0 aliphatic carbocycles. The zero-order valence-electron chi connectivity index (χ0n) is 11.0. The van der Waals surface area contributed by atoms with Gasteiger partial charge in [0.25, 0.3) is 0 Å². The second kappa shape index (κ2) is 9.06. The van der Waals surface area contributed by atoms with E-state index in [9.17, 15) is 4.79 Å². The molecule has 0 amide bonds. The lowest BCUT2D eigenvalue weighted by atomic mass is 10.2. The highest BCUT2D eigenvalue weighted by atomic mass is 35.5. The summed E-state index contributed by atoms with van der Waals surface area (Å²) in [4.78, 5) is 11.7. The van der Waals surface area contributed by atoms with E-state index in [1.165, 1.54) is 13.2 Å². The van der Waals surface area contributed by atoms with Gasteiger partial charge in [-0.05, 0) is 18.6 Å². The van der Waals surface area contributed by atoms with Gasteiger partial charge in [0.2, 0.25) is 0 Å². The number of methoxy groups -OCH3 is 1. The molecule has 0 saturated carbocycles. The molecule has 0 heterocycles. The van der Waals surface area contributed by atoms with E-state index in [-0.39, 0.29) is 16.3 Å². The smallest absolute Gasteiger partial charge is 0.343 e. The van der Waals surface area contributed by atoms with E-state index >= 15 is 0 Å². The van der Waals surface area contributed by atoms with Gasteiger partial charge in [0.1, 0.15) is 5.56 Å². The minimum absolute atomic E-state index is 0.171. The first-order chi connectivity index (χ1) is 8.61. The topological polar surface area (TPSA) is 35.5 Å². The highest BCUT2D eigenvalue weighted by Crippen LogP contribution is 2.34. The number of hydrogen-bond donors (Lipinski definition) is 0. The Hall–Kier alpha value is -0.930. The third-order valence-corrected chi connectivity index (χ3v) is 2.52. The summed E-state index contributed by atoms with van der Waals surface area (Å²) in [6, 6.07) is 3.11.